The third-order valence-corrected chi connectivity index (χ3v) is 8.17. The number of ether oxygens (including phenoxy) is 1. The summed E-state index contributed by atoms with van der Waals surface area (Å²) in [5.74, 6) is 0.684. The van der Waals surface area contributed by atoms with Crippen LogP contribution in [0, 0.1) is 22.7 Å². The summed E-state index contributed by atoms with van der Waals surface area (Å²) in [6.45, 7) is 2.21. The molecule has 1 aliphatic carbocycles. The molecule has 3 aliphatic rings. The highest BCUT2D eigenvalue weighted by atomic mass is 35.5. The van der Waals surface area contributed by atoms with E-state index in [1.165, 1.54) is 10.7 Å². The molecule has 1 saturated carbocycles. The number of fused-ring (bicyclic) bond motifs is 1. The molecule has 1 aromatic carbocycles. The fourth-order valence-electron chi connectivity index (χ4n) is 5.26. The first-order valence-corrected chi connectivity index (χ1v) is 13.7. The Hall–Kier alpha value is -4.37. The highest BCUT2D eigenvalue weighted by Crippen LogP contribution is 2.38. The molecular weight excluding hydrogens is 550 g/mol. The maximum absolute atomic E-state index is 11.5. The predicted molar refractivity (Wildman–Crippen MR) is 150 cm³/mol. The number of nitrogens with one attached hydrogen (secondary N) is 3. The molecule has 3 aromatic rings. The molecule has 41 heavy (non-hydrogen) atoms. The van der Waals surface area contributed by atoms with E-state index in [-0.39, 0.29) is 35.8 Å². The highest BCUT2D eigenvalue weighted by molar-refractivity contribution is 6.36. The zero-order valence-corrected chi connectivity index (χ0v) is 23.0. The summed E-state index contributed by atoms with van der Waals surface area (Å²) in [7, 11) is 1.98. The Kier molecular flexibility index (Phi) is 7.13. The molecule has 4 heterocycles. The standard InChI is InChI=1S/C26H28ClN11O3/c1-36(17-12-41-13-17)21-11-37(5-4-18(21)33-26(39)40)20-7-14(8-28)6-19(22(20)27)32-25-34-23(31-15-2-3-15)24-30-10-16(9-29)38(24)35-25/h6-7,10,15,17-18,21,33H,2-5,11-13H2,1H3,(H,39,40)(H2,31,32,34,35)/t18-,21?/m0/s1. The molecule has 212 valence electrons. The topological polar surface area (TPSA) is 180 Å². The summed E-state index contributed by atoms with van der Waals surface area (Å²) < 4.78 is 6.79. The number of hydrogen-bond donors (Lipinski definition) is 4. The molecule has 3 fully saturated rings. The highest BCUT2D eigenvalue weighted by Gasteiger charge is 2.38. The maximum Gasteiger partial charge on any atom is 0.404 e. The molecule has 15 heteroatoms. The molecule has 2 aliphatic heterocycles. The lowest BCUT2D eigenvalue weighted by Gasteiger charge is -2.48. The van der Waals surface area contributed by atoms with Gasteiger partial charge in [-0.15, -0.1) is 5.10 Å². The summed E-state index contributed by atoms with van der Waals surface area (Å²) in [6, 6.07) is 7.72. The zero-order valence-electron chi connectivity index (χ0n) is 22.2. The second-order valence-electron chi connectivity index (χ2n) is 10.5. The van der Waals surface area contributed by atoms with Gasteiger partial charge in [-0.3, -0.25) is 4.90 Å². The first-order chi connectivity index (χ1) is 19.8. The minimum Gasteiger partial charge on any atom is -0.465 e. The van der Waals surface area contributed by atoms with E-state index >= 15 is 0 Å². The van der Waals surface area contributed by atoms with Crippen LogP contribution >= 0.6 is 11.6 Å². The number of nitrogens with zero attached hydrogens (tertiary/aromatic N) is 8. The van der Waals surface area contributed by atoms with Gasteiger partial charge in [-0.05, 0) is 38.4 Å². The number of carbonyl (C=O) groups is 1. The number of carboxylic acid groups (broad SMARTS) is 1. The van der Waals surface area contributed by atoms with Crippen molar-refractivity contribution in [2.24, 2.45) is 0 Å². The molecule has 1 amide bonds. The van der Waals surface area contributed by atoms with E-state index in [9.17, 15) is 20.4 Å². The van der Waals surface area contributed by atoms with Crippen molar-refractivity contribution in [3.05, 3.63) is 34.6 Å². The lowest BCUT2D eigenvalue weighted by atomic mass is 9.95. The fourth-order valence-corrected chi connectivity index (χ4v) is 5.54. The number of hydrogen-bond acceptors (Lipinski definition) is 11. The van der Waals surface area contributed by atoms with Crippen LogP contribution in [0.4, 0.5) is 27.9 Å². The number of likely N-dealkylation sites (N-methyl/N-ethyl adjacent to an activating group) is 1. The Morgan fingerprint density at radius 1 is 1.24 bits per heavy atom. The van der Waals surface area contributed by atoms with Crippen LogP contribution in [-0.2, 0) is 4.74 Å². The van der Waals surface area contributed by atoms with Crippen LogP contribution in [0.3, 0.4) is 0 Å². The molecule has 2 aromatic heterocycles. The predicted octanol–water partition coefficient (Wildman–Crippen LogP) is 2.38. The van der Waals surface area contributed by atoms with E-state index < -0.39 is 6.09 Å². The lowest BCUT2D eigenvalue weighted by molar-refractivity contribution is -0.0740. The Morgan fingerprint density at radius 3 is 2.71 bits per heavy atom. The van der Waals surface area contributed by atoms with Crippen molar-refractivity contribution >= 4 is 46.5 Å². The van der Waals surface area contributed by atoms with Crippen LogP contribution in [-0.4, -0.2) is 93.2 Å². The smallest absolute Gasteiger partial charge is 0.404 e. The van der Waals surface area contributed by atoms with Crippen molar-refractivity contribution in [1.82, 2.24) is 29.8 Å². The van der Waals surface area contributed by atoms with Gasteiger partial charge in [-0.2, -0.15) is 20.0 Å². The van der Waals surface area contributed by atoms with Crippen molar-refractivity contribution in [3.63, 3.8) is 0 Å². The number of benzene rings is 1. The van der Waals surface area contributed by atoms with Crippen LogP contribution in [0.25, 0.3) is 5.65 Å². The Bertz CT molecular complexity index is 1570. The van der Waals surface area contributed by atoms with E-state index in [4.69, 9.17) is 16.3 Å². The molecule has 0 bridgehead atoms. The van der Waals surface area contributed by atoms with Gasteiger partial charge < -0.3 is 30.7 Å². The molecule has 2 saturated heterocycles. The maximum atomic E-state index is 11.5. The number of nitriles is 2. The zero-order chi connectivity index (χ0) is 28.7. The lowest BCUT2D eigenvalue weighted by Crippen LogP contribution is -2.64. The van der Waals surface area contributed by atoms with E-state index in [0.717, 1.165) is 12.8 Å². The summed E-state index contributed by atoms with van der Waals surface area (Å²) >= 11 is 6.96. The average Bonchev–Trinajstić information content (AvgIpc) is 3.64. The summed E-state index contributed by atoms with van der Waals surface area (Å²) in [5, 5.41) is 42.8. The minimum absolute atomic E-state index is 0.139. The minimum atomic E-state index is -1.06. The van der Waals surface area contributed by atoms with Gasteiger partial charge in [0.1, 0.15) is 6.07 Å². The van der Waals surface area contributed by atoms with Crippen molar-refractivity contribution in [2.45, 2.75) is 43.4 Å². The van der Waals surface area contributed by atoms with Gasteiger partial charge in [0.05, 0.1) is 59.5 Å². The number of imidazole rings is 1. The van der Waals surface area contributed by atoms with Crippen molar-refractivity contribution < 1.29 is 14.6 Å². The van der Waals surface area contributed by atoms with Gasteiger partial charge in [0.25, 0.3) is 0 Å². The van der Waals surface area contributed by atoms with Crippen LogP contribution in [0.1, 0.15) is 30.5 Å². The number of anilines is 4. The van der Waals surface area contributed by atoms with Crippen molar-refractivity contribution in [2.75, 3.05) is 48.9 Å². The molecule has 0 spiro atoms. The molecule has 4 N–H and O–H groups in total. The van der Waals surface area contributed by atoms with E-state index in [1.54, 1.807) is 12.1 Å². The normalized spacial score (nSPS) is 20.8. The molecule has 14 nitrogen and oxygen atoms in total. The Labute approximate surface area is 240 Å². The van der Waals surface area contributed by atoms with Crippen LogP contribution in [0.2, 0.25) is 5.02 Å². The third kappa shape index (κ3) is 5.37. The molecule has 6 rings (SSSR count). The first-order valence-electron chi connectivity index (χ1n) is 13.3. The molecule has 2 atom stereocenters. The number of amides is 1. The van der Waals surface area contributed by atoms with E-state index in [0.29, 0.717) is 66.1 Å². The number of piperidine rings is 1. The average molecular weight is 578 g/mol. The van der Waals surface area contributed by atoms with Gasteiger partial charge >= 0.3 is 6.09 Å². The number of rotatable bonds is 8. The van der Waals surface area contributed by atoms with E-state index in [2.05, 4.69) is 53.0 Å². The fraction of sp³-hybridized carbons (Fsp3) is 0.462. The third-order valence-electron chi connectivity index (χ3n) is 7.77. The second kappa shape index (κ2) is 10.9. The van der Waals surface area contributed by atoms with Crippen molar-refractivity contribution in [3.8, 4) is 12.1 Å². The van der Waals surface area contributed by atoms with Crippen LogP contribution < -0.4 is 20.9 Å². The Morgan fingerprint density at radius 2 is 2.05 bits per heavy atom. The Balaban J connectivity index is 1.32. The first kappa shape index (κ1) is 26.8. The quantitative estimate of drug-likeness (QED) is 0.307. The number of halogens is 1. The summed E-state index contributed by atoms with van der Waals surface area (Å²) in [5.41, 5.74) is 2.16. The van der Waals surface area contributed by atoms with E-state index in [1.807, 2.05) is 7.05 Å². The largest absolute Gasteiger partial charge is 0.465 e. The van der Waals surface area contributed by atoms with Gasteiger partial charge in [-0.25, -0.2) is 9.78 Å². The van der Waals surface area contributed by atoms with Gasteiger partial charge in [0.2, 0.25) is 5.95 Å². The summed E-state index contributed by atoms with van der Waals surface area (Å²) in [6.07, 6.45) is 2.98. The molecule has 0 radical (unpaired) electrons. The molecular formula is C26H28ClN11O3. The SMILES string of the molecule is CN(C1COC1)C1CN(c2cc(C#N)cc(Nc3nc(NC4CC4)c4ncc(C#N)n4n3)c2Cl)CC[C@@H]1NC(=O)O. The second-order valence-corrected chi connectivity index (χ2v) is 10.9. The molecule has 1 unspecified atom stereocenters. The van der Waals surface area contributed by atoms with Gasteiger partial charge in [-0.1, -0.05) is 11.6 Å². The van der Waals surface area contributed by atoms with Crippen LogP contribution in [0.5, 0.6) is 0 Å². The van der Waals surface area contributed by atoms with Gasteiger partial charge in [0, 0.05) is 25.2 Å². The number of aromatic nitrogens is 4. The van der Waals surface area contributed by atoms with Crippen LogP contribution in [0.15, 0.2) is 18.3 Å². The van der Waals surface area contributed by atoms with Crippen molar-refractivity contribution in [1.29, 1.82) is 10.5 Å². The monoisotopic (exact) mass is 577 g/mol. The van der Waals surface area contributed by atoms with Gasteiger partial charge in [0.15, 0.2) is 17.2 Å². The summed E-state index contributed by atoms with van der Waals surface area (Å²) in [4.78, 5) is 24.7.